The van der Waals surface area contributed by atoms with Crippen molar-refractivity contribution in [2.75, 3.05) is 5.43 Å². The highest BCUT2D eigenvalue weighted by atomic mass is 35.5. The number of aromatic nitrogens is 1. The fourth-order valence-electron chi connectivity index (χ4n) is 2.13. The highest BCUT2D eigenvalue weighted by molar-refractivity contribution is 6.30. The van der Waals surface area contributed by atoms with Crippen LogP contribution >= 0.6 is 11.6 Å². The van der Waals surface area contributed by atoms with Crippen molar-refractivity contribution in [3.63, 3.8) is 0 Å². The maximum absolute atomic E-state index is 10.6. The first-order valence-electron chi connectivity index (χ1n) is 7.97. The third-order valence-electron chi connectivity index (χ3n) is 3.55. The molecule has 0 amide bonds. The summed E-state index contributed by atoms with van der Waals surface area (Å²) in [6.45, 7) is 0.456. The average molecular weight is 383 g/mol. The highest BCUT2D eigenvalue weighted by Crippen LogP contribution is 2.15. The summed E-state index contributed by atoms with van der Waals surface area (Å²) in [6.07, 6.45) is 2.79. The molecule has 0 fully saturated rings. The van der Waals surface area contributed by atoms with Gasteiger partial charge in [-0.05, 0) is 53.6 Å². The molecule has 0 bridgehead atoms. The van der Waals surface area contributed by atoms with Crippen molar-refractivity contribution in [2.24, 2.45) is 5.10 Å². The van der Waals surface area contributed by atoms with E-state index in [4.69, 9.17) is 16.3 Å². The Balaban J connectivity index is 1.51. The summed E-state index contributed by atoms with van der Waals surface area (Å²) in [6, 6.07) is 17.8. The van der Waals surface area contributed by atoms with Gasteiger partial charge in [-0.3, -0.25) is 15.5 Å². The van der Waals surface area contributed by atoms with Crippen molar-refractivity contribution in [1.29, 1.82) is 0 Å². The summed E-state index contributed by atoms with van der Waals surface area (Å²) in [5.41, 5.74) is 4.54. The van der Waals surface area contributed by atoms with Crippen molar-refractivity contribution in [2.45, 2.75) is 6.61 Å². The van der Waals surface area contributed by atoms with Gasteiger partial charge in [0.05, 0.1) is 11.1 Å². The molecule has 3 aromatic rings. The number of pyridine rings is 1. The Morgan fingerprint density at radius 2 is 1.85 bits per heavy atom. The molecule has 7 nitrogen and oxygen atoms in total. The Morgan fingerprint density at radius 3 is 2.48 bits per heavy atom. The smallest absolute Gasteiger partial charge is 0.287 e. The second kappa shape index (κ2) is 8.77. The first-order valence-corrected chi connectivity index (χ1v) is 8.35. The maximum Gasteiger partial charge on any atom is 0.287 e. The molecule has 0 unspecified atom stereocenters. The molecule has 136 valence electrons. The Bertz CT molecular complexity index is 927. The molecule has 2 aromatic carbocycles. The van der Waals surface area contributed by atoms with Gasteiger partial charge in [0.15, 0.2) is 0 Å². The second-order valence-electron chi connectivity index (χ2n) is 5.51. The van der Waals surface area contributed by atoms with Gasteiger partial charge in [-0.2, -0.15) is 5.10 Å². The zero-order valence-electron chi connectivity index (χ0n) is 14.1. The van der Waals surface area contributed by atoms with Crippen LogP contribution in [0.3, 0.4) is 0 Å². The molecule has 8 heteroatoms. The summed E-state index contributed by atoms with van der Waals surface area (Å²) in [5, 5.41) is 15.3. The third kappa shape index (κ3) is 5.52. The highest BCUT2D eigenvalue weighted by Gasteiger charge is 2.04. The predicted molar refractivity (Wildman–Crippen MR) is 104 cm³/mol. The number of ether oxygens (including phenoxy) is 1. The van der Waals surface area contributed by atoms with Crippen molar-refractivity contribution < 1.29 is 9.66 Å². The van der Waals surface area contributed by atoms with Crippen LogP contribution in [0.2, 0.25) is 5.02 Å². The predicted octanol–water partition coefficient (Wildman–Crippen LogP) is 4.67. The lowest BCUT2D eigenvalue weighted by molar-refractivity contribution is -0.385. The van der Waals surface area contributed by atoms with E-state index in [1.165, 1.54) is 18.3 Å². The van der Waals surface area contributed by atoms with Crippen LogP contribution in [0.15, 0.2) is 72.0 Å². The lowest BCUT2D eigenvalue weighted by Crippen LogP contribution is -1.96. The number of hydrazone groups is 1. The number of halogens is 1. The van der Waals surface area contributed by atoms with E-state index in [1.54, 1.807) is 6.21 Å². The van der Waals surface area contributed by atoms with Gasteiger partial charge in [-0.1, -0.05) is 23.7 Å². The van der Waals surface area contributed by atoms with Crippen LogP contribution in [0.4, 0.5) is 11.5 Å². The first-order chi connectivity index (χ1) is 13.1. The molecular weight excluding hydrogens is 368 g/mol. The van der Waals surface area contributed by atoms with Gasteiger partial charge < -0.3 is 4.74 Å². The lowest BCUT2D eigenvalue weighted by Gasteiger charge is -2.06. The summed E-state index contributed by atoms with van der Waals surface area (Å²) >= 11 is 5.86. The van der Waals surface area contributed by atoms with E-state index >= 15 is 0 Å². The van der Waals surface area contributed by atoms with E-state index in [0.29, 0.717) is 17.4 Å². The molecule has 0 aliphatic carbocycles. The molecule has 0 aliphatic heterocycles. The Kier molecular flexibility index (Phi) is 5.96. The van der Waals surface area contributed by atoms with Crippen LogP contribution in [0.1, 0.15) is 11.1 Å². The monoisotopic (exact) mass is 382 g/mol. The number of rotatable bonds is 7. The standard InChI is InChI=1S/C19H15ClN4O3/c20-16-5-1-15(2-6-16)13-27-18-8-3-14(4-9-18)11-22-23-19-10-7-17(12-21-19)24(25)26/h1-12H,13H2,(H,21,23)/b22-11-. The lowest BCUT2D eigenvalue weighted by atomic mass is 10.2. The molecule has 0 atom stereocenters. The van der Waals surface area contributed by atoms with Crippen LogP contribution < -0.4 is 10.2 Å². The van der Waals surface area contributed by atoms with E-state index in [2.05, 4.69) is 15.5 Å². The summed E-state index contributed by atoms with van der Waals surface area (Å²) in [5.74, 6) is 1.16. The van der Waals surface area contributed by atoms with Gasteiger partial charge in [-0.15, -0.1) is 0 Å². The van der Waals surface area contributed by atoms with Crippen LogP contribution in [-0.2, 0) is 6.61 Å². The molecule has 1 N–H and O–H groups in total. The average Bonchev–Trinajstić information content (AvgIpc) is 2.69. The third-order valence-corrected chi connectivity index (χ3v) is 3.80. The molecule has 1 aromatic heterocycles. The maximum atomic E-state index is 10.6. The van der Waals surface area contributed by atoms with Gasteiger partial charge in [0.2, 0.25) is 0 Å². The number of anilines is 1. The molecule has 27 heavy (non-hydrogen) atoms. The number of nitrogens with one attached hydrogen (secondary N) is 1. The summed E-state index contributed by atoms with van der Waals surface area (Å²) in [7, 11) is 0. The van der Waals surface area contributed by atoms with Crippen LogP contribution in [0.25, 0.3) is 0 Å². The number of hydrogen-bond acceptors (Lipinski definition) is 6. The Hall–Kier alpha value is -3.45. The van der Waals surface area contributed by atoms with E-state index in [9.17, 15) is 10.1 Å². The Morgan fingerprint density at radius 1 is 1.11 bits per heavy atom. The van der Waals surface area contributed by atoms with E-state index in [0.717, 1.165) is 16.9 Å². The minimum Gasteiger partial charge on any atom is -0.489 e. The molecule has 0 saturated carbocycles. The molecule has 3 rings (SSSR count). The minimum atomic E-state index is -0.503. The SMILES string of the molecule is O=[N+]([O-])c1ccc(N/N=C\c2ccc(OCc3ccc(Cl)cc3)cc2)nc1. The van der Waals surface area contributed by atoms with Gasteiger partial charge in [0, 0.05) is 11.1 Å². The van der Waals surface area contributed by atoms with Crippen molar-refractivity contribution in [3.8, 4) is 5.75 Å². The fraction of sp³-hybridized carbons (Fsp3) is 0.0526. The molecule has 1 heterocycles. The quantitative estimate of drug-likeness (QED) is 0.364. The fourth-order valence-corrected chi connectivity index (χ4v) is 2.26. The molecule has 0 aliphatic rings. The summed E-state index contributed by atoms with van der Waals surface area (Å²) in [4.78, 5) is 14.0. The molecule has 0 saturated heterocycles. The molecule has 0 radical (unpaired) electrons. The Labute approximate surface area is 160 Å². The normalized spacial score (nSPS) is 10.7. The van der Waals surface area contributed by atoms with E-state index in [1.807, 2.05) is 48.5 Å². The zero-order chi connectivity index (χ0) is 19.1. The topological polar surface area (TPSA) is 89.7 Å². The van der Waals surface area contributed by atoms with Crippen molar-refractivity contribution >= 4 is 29.3 Å². The number of benzene rings is 2. The first kappa shape index (κ1) is 18.3. The van der Waals surface area contributed by atoms with E-state index in [-0.39, 0.29) is 5.69 Å². The van der Waals surface area contributed by atoms with Gasteiger partial charge in [0.25, 0.3) is 5.69 Å². The largest absolute Gasteiger partial charge is 0.489 e. The van der Waals surface area contributed by atoms with Gasteiger partial charge in [0.1, 0.15) is 24.4 Å². The van der Waals surface area contributed by atoms with Crippen LogP contribution in [-0.4, -0.2) is 16.1 Å². The van der Waals surface area contributed by atoms with Crippen LogP contribution in [0.5, 0.6) is 5.75 Å². The van der Waals surface area contributed by atoms with Crippen LogP contribution in [0, 0.1) is 10.1 Å². The molecular formula is C19H15ClN4O3. The second-order valence-corrected chi connectivity index (χ2v) is 5.95. The van der Waals surface area contributed by atoms with Crippen molar-refractivity contribution in [3.05, 3.63) is 93.1 Å². The summed E-state index contributed by atoms with van der Waals surface area (Å²) < 4.78 is 5.72. The van der Waals surface area contributed by atoms with Crippen molar-refractivity contribution in [1.82, 2.24) is 4.98 Å². The number of nitro groups is 1. The molecule has 0 spiro atoms. The number of hydrogen-bond donors (Lipinski definition) is 1. The minimum absolute atomic E-state index is 0.0706. The zero-order valence-corrected chi connectivity index (χ0v) is 14.8. The number of nitrogens with zero attached hydrogens (tertiary/aromatic N) is 3. The van der Waals surface area contributed by atoms with Gasteiger partial charge >= 0.3 is 0 Å². The van der Waals surface area contributed by atoms with Gasteiger partial charge in [-0.25, -0.2) is 4.98 Å². The van der Waals surface area contributed by atoms with E-state index < -0.39 is 4.92 Å².